The van der Waals surface area contributed by atoms with E-state index >= 15 is 0 Å². The molecule has 1 aliphatic carbocycles. The molecule has 1 amide bonds. The summed E-state index contributed by atoms with van der Waals surface area (Å²) in [5, 5.41) is 12.6. The zero-order valence-electron chi connectivity index (χ0n) is 12.9. The van der Waals surface area contributed by atoms with Crippen LogP contribution in [0.1, 0.15) is 42.9 Å². The van der Waals surface area contributed by atoms with E-state index in [4.69, 9.17) is 4.74 Å². The van der Waals surface area contributed by atoms with E-state index in [2.05, 4.69) is 17.4 Å². The van der Waals surface area contributed by atoms with Gasteiger partial charge in [0.1, 0.15) is 0 Å². The third kappa shape index (κ3) is 2.43. The molecule has 2 heterocycles. The molecule has 0 saturated carbocycles. The van der Waals surface area contributed by atoms with Gasteiger partial charge in [-0.1, -0.05) is 24.3 Å². The molecular formula is C18H21NO4. The maximum Gasteiger partial charge on any atom is 0.310 e. The number of carbonyl (C=O) groups is 2. The van der Waals surface area contributed by atoms with Crippen LogP contribution in [0, 0.1) is 11.8 Å². The number of carboxylic acid groups (broad SMARTS) is 1. The maximum atomic E-state index is 12.8. The fourth-order valence-corrected chi connectivity index (χ4v) is 4.50. The lowest BCUT2D eigenvalue weighted by molar-refractivity contribution is -0.148. The number of amides is 1. The number of hydrogen-bond acceptors (Lipinski definition) is 3. The Labute approximate surface area is 135 Å². The molecule has 0 unspecified atom stereocenters. The van der Waals surface area contributed by atoms with Crippen molar-refractivity contribution in [3.05, 3.63) is 35.4 Å². The van der Waals surface area contributed by atoms with Crippen LogP contribution in [0.3, 0.4) is 0 Å². The van der Waals surface area contributed by atoms with Crippen molar-refractivity contribution >= 4 is 11.9 Å². The van der Waals surface area contributed by atoms with Crippen LogP contribution in [0.15, 0.2) is 24.3 Å². The Morgan fingerprint density at radius 2 is 1.83 bits per heavy atom. The van der Waals surface area contributed by atoms with Gasteiger partial charge in [0.15, 0.2) is 0 Å². The fourth-order valence-electron chi connectivity index (χ4n) is 4.50. The van der Waals surface area contributed by atoms with E-state index in [1.807, 2.05) is 12.1 Å². The Kier molecular flexibility index (Phi) is 3.60. The number of hydrogen-bond donors (Lipinski definition) is 2. The Bertz CT molecular complexity index is 644. The van der Waals surface area contributed by atoms with Gasteiger partial charge in [0.05, 0.1) is 30.1 Å². The Morgan fingerprint density at radius 1 is 1.09 bits per heavy atom. The summed E-state index contributed by atoms with van der Waals surface area (Å²) >= 11 is 0. The second-order valence-electron chi connectivity index (χ2n) is 6.83. The second-order valence-corrected chi connectivity index (χ2v) is 6.83. The molecule has 0 radical (unpaired) electrons. The molecule has 2 saturated heterocycles. The van der Waals surface area contributed by atoms with Gasteiger partial charge in [0.25, 0.3) is 0 Å². The van der Waals surface area contributed by atoms with Crippen LogP contribution < -0.4 is 5.32 Å². The highest BCUT2D eigenvalue weighted by atomic mass is 16.5. The molecule has 0 spiro atoms. The van der Waals surface area contributed by atoms with E-state index in [1.54, 1.807) is 0 Å². The van der Waals surface area contributed by atoms with Gasteiger partial charge in [-0.3, -0.25) is 9.59 Å². The summed E-state index contributed by atoms with van der Waals surface area (Å²) in [4.78, 5) is 24.3. The van der Waals surface area contributed by atoms with Crippen molar-refractivity contribution in [2.75, 3.05) is 0 Å². The van der Waals surface area contributed by atoms with Gasteiger partial charge in [-0.2, -0.15) is 0 Å². The van der Waals surface area contributed by atoms with E-state index in [9.17, 15) is 14.7 Å². The molecule has 1 aromatic rings. The van der Waals surface area contributed by atoms with Crippen molar-refractivity contribution in [1.29, 1.82) is 0 Å². The predicted octanol–water partition coefficient (Wildman–Crippen LogP) is 2.06. The van der Waals surface area contributed by atoms with E-state index in [1.165, 1.54) is 11.1 Å². The Hall–Kier alpha value is -1.88. The predicted molar refractivity (Wildman–Crippen MR) is 82.8 cm³/mol. The molecule has 122 valence electrons. The highest BCUT2D eigenvalue weighted by Crippen LogP contribution is 2.44. The number of aryl methyl sites for hydroxylation is 1. The Balaban J connectivity index is 1.54. The molecule has 2 fully saturated rings. The summed E-state index contributed by atoms with van der Waals surface area (Å²) in [6.45, 7) is 0. The molecule has 2 bridgehead atoms. The zero-order chi connectivity index (χ0) is 16.0. The molecule has 5 atom stereocenters. The number of benzene rings is 1. The van der Waals surface area contributed by atoms with Crippen LogP contribution in [-0.2, 0) is 20.7 Å². The quantitative estimate of drug-likeness (QED) is 0.895. The van der Waals surface area contributed by atoms with Crippen LogP contribution in [-0.4, -0.2) is 29.2 Å². The minimum atomic E-state index is -0.915. The molecule has 1 aromatic carbocycles. The molecule has 5 heteroatoms. The maximum absolute atomic E-state index is 12.8. The van der Waals surface area contributed by atoms with Gasteiger partial charge in [0.2, 0.25) is 5.91 Å². The van der Waals surface area contributed by atoms with Crippen molar-refractivity contribution in [3.8, 4) is 0 Å². The summed E-state index contributed by atoms with van der Waals surface area (Å²) < 4.78 is 5.70. The third-order valence-electron chi connectivity index (χ3n) is 5.55. The topological polar surface area (TPSA) is 75.6 Å². The first-order chi connectivity index (χ1) is 11.1. The number of nitrogens with one attached hydrogen (secondary N) is 1. The average molecular weight is 315 g/mol. The first-order valence-corrected chi connectivity index (χ1v) is 8.41. The molecule has 2 N–H and O–H groups in total. The standard InChI is InChI=1S/C18H21NO4/c20-17(15-13-8-9-14(23-13)16(15)18(21)22)19-12-7-3-5-10-4-1-2-6-11(10)12/h1-2,4,6,12-16H,3,5,7-9H2,(H,19,20)(H,21,22)/t12-,13-,14-,15-,16-/m1/s1. The monoisotopic (exact) mass is 315 g/mol. The van der Waals surface area contributed by atoms with Crippen LogP contribution in [0.2, 0.25) is 0 Å². The molecule has 4 rings (SSSR count). The normalized spacial score (nSPS) is 34.9. The van der Waals surface area contributed by atoms with Gasteiger partial charge in [-0.25, -0.2) is 0 Å². The second kappa shape index (κ2) is 5.64. The Morgan fingerprint density at radius 3 is 2.61 bits per heavy atom. The first kappa shape index (κ1) is 14.7. The zero-order valence-corrected chi connectivity index (χ0v) is 12.9. The largest absolute Gasteiger partial charge is 0.481 e. The van der Waals surface area contributed by atoms with E-state index in [-0.39, 0.29) is 24.2 Å². The van der Waals surface area contributed by atoms with Crippen LogP contribution in [0.5, 0.6) is 0 Å². The fraction of sp³-hybridized carbons (Fsp3) is 0.556. The number of fused-ring (bicyclic) bond motifs is 3. The van der Waals surface area contributed by atoms with Crippen LogP contribution in [0.25, 0.3) is 0 Å². The molecule has 3 aliphatic rings. The minimum absolute atomic E-state index is 0.0129. The number of carboxylic acids is 1. The lowest BCUT2D eigenvalue weighted by Gasteiger charge is -2.30. The summed E-state index contributed by atoms with van der Waals surface area (Å²) in [5.74, 6) is -2.33. The van der Waals surface area contributed by atoms with Crippen molar-refractivity contribution in [1.82, 2.24) is 5.32 Å². The molecule has 23 heavy (non-hydrogen) atoms. The van der Waals surface area contributed by atoms with Crippen LogP contribution >= 0.6 is 0 Å². The smallest absolute Gasteiger partial charge is 0.310 e. The summed E-state index contributed by atoms with van der Waals surface area (Å²) in [6.07, 6.45) is 3.98. The number of carbonyl (C=O) groups excluding carboxylic acids is 1. The molecule has 5 nitrogen and oxygen atoms in total. The molecule has 0 aromatic heterocycles. The van der Waals surface area contributed by atoms with Gasteiger partial charge < -0.3 is 15.2 Å². The summed E-state index contributed by atoms with van der Waals surface area (Å²) in [5.41, 5.74) is 2.45. The number of aliphatic carboxylic acids is 1. The number of rotatable bonds is 3. The van der Waals surface area contributed by atoms with Gasteiger partial charge >= 0.3 is 5.97 Å². The van der Waals surface area contributed by atoms with Gasteiger partial charge in [0, 0.05) is 0 Å². The van der Waals surface area contributed by atoms with E-state index < -0.39 is 17.8 Å². The summed E-state index contributed by atoms with van der Waals surface area (Å²) in [6, 6.07) is 8.16. The van der Waals surface area contributed by atoms with Gasteiger partial charge in [-0.15, -0.1) is 0 Å². The van der Waals surface area contributed by atoms with Crippen LogP contribution in [0.4, 0.5) is 0 Å². The highest BCUT2D eigenvalue weighted by Gasteiger charge is 2.55. The lowest BCUT2D eigenvalue weighted by Crippen LogP contribution is -2.45. The van der Waals surface area contributed by atoms with Gasteiger partial charge in [-0.05, 0) is 43.2 Å². The summed E-state index contributed by atoms with van der Waals surface area (Å²) in [7, 11) is 0. The molecule has 2 aliphatic heterocycles. The van der Waals surface area contributed by atoms with E-state index in [0.29, 0.717) is 0 Å². The minimum Gasteiger partial charge on any atom is -0.481 e. The van der Waals surface area contributed by atoms with Crippen molar-refractivity contribution in [2.24, 2.45) is 11.8 Å². The van der Waals surface area contributed by atoms with Crippen molar-refractivity contribution < 1.29 is 19.4 Å². The molecular weight excluding hydrogens is 294 g/mol. The lowest BCUT2D eigenvalue weighted by atomic mass is 9.78. The van der Waals surface area contributed by atoms with E-state index in [0.717, 1.165) is 32.1 Å². The highest BCUT2D eigenvalue weighted by molar-refractivity contribution is 5.86. The van der Waals surface area contributed by atoms with Crippen molar-refractivity contribution in [2.45, 2.75) is 50.4 Å². The third-order valence-corrected chi connectivity index (χ3v) is 5.55. The SMILES string of the molecule is O=C(O)[C@H]1[C@H](C(=O)N[C@@H]2CCCc3ccccc32)[C@H]2CC[C@H]1O2. The number of ether oxygens (including phenoxy) is 1. The average Bonchev–Trinajstić information content (AvgIpc) is 3.16. The first-order valence-electron chi connectivity index (χ1n) is 8.41. The van der Waals surface area contributed by atoms with Crippen molar-refractivity contribution in [3.63, 3.8) is 0 Å².